The summed E-state index contributed by atoms with van der Waals surface area (Å²) in [4.78, 5) is 18.8. The third-order valence-corrected chi connectivity index (χ3v) is 4.49. The van der Waals surface area contributed by atoms with E-state index in [1.807, 2.05) is 19.2 Å². The van der Waals surface area contributed by atoms with Gasteiger partial charge in [-0.3, -0.25) is 9.69 Å². The average molecular weight is 326 g/mol. The number of thiazole rings is 1. The van der Waals surface area contributed by atoms with Crippen molar-refractivity contribution in [1.29, 1.82) is 0 Å². The van der Waals surface area contributed by atoms with Gasteiger partial charge in [0.25, 0.3) is 0 Å². The van der Waals surface area contributed by atoms with Crippen molar-refractivity contribution in [1.82, 2.24) is 9.88 Å². The van der Waals surface area contributed by atoms with Gasteiger partial charge in [-0.05, 0) is 19.8 Å². The number of rotatable bonds is 5. The maximum atomic E-state index is 11.9. The Labute approximate surface area is 136 Å². The van der Waals surface area contributed by atoms with Crippen molar-refractivity contribution in [3.05, 3.63) is 11.1 Å². The lowest BCUT2D eigenvalue weighted by Gasteiger charge is -2.34. The Morgan fingerprint density at radius 1 is 1.50 bits per heavy atom. The van der Waals surface area contributed by atoms with Gasteiger partial charge in [0, 0.05) is 25.0 Å². The highest BCUT2D eigenvalue weighted by Gasteiger charge is 2.23. The number of nitrogens with one attached hydrogen (secondary N) is 1. The molecule has 124 valence electrons. The first-order valence-electron chi connectivity index (χ1n) is 7.73. The van der Waals surface area contributed by atoms with Crippen LogP contribution in [0.1, 0.15) is 33.4 Å². The van der Waals surface area contributed by atoms with Gasteiger partial charge in [0.2, 0.25) is 5.91 Å². The lowest BCUT2D eigenvalue weighted by Crippen LogP contribution is -2.44. The van der Waals surface area contributed by atoms with E-state index in [1.165, 1.54) is 11.3 Å². The van der Waals surface area contributed by atoms with Gasteiger partial charge in [-0.2, -0.15) is 0 Å². The molecule has 3 unspecified atom stereocenters. The fraction of sp³-hybridized carbons (Fsp3) is 0.733. The molecule has 6 nitrogen and oxygen atoms in total. The van der Waals surface area contributed by atoms with Gasteiger partial charge in [0.1, 0.15) is 0 Å². The molecule has 1 saturated heterocycles. The van der Waals surface area contributed by atoms with E-state index in [-0.39, 0.29) is 24.0 Å². The van der Waals surface area contributed by atoms with Crippen LogP contribution < -0.4 is 11.1 Å². The standard InChI is InChI=1S/C15H26N4O2S/c1-9(2)13(16)14(20)18-15-17-12(8-22-15)7-19-5-10(3)21-11(4)6-19/h8-11,13H,5-7,16H2,1-4H3,(H,17,18,20). The Kier molecular flexibility index (Phi) is 5.91. The van der Waals surface area contributed by atoms with Crippen LogP contribution in [0, 0.1) is 5.92 Å². The second-order valence-electron chi connectivity index (χ2n) is 6.35. The number of carbonyl (C=O) groups is 1. The largest absolute Gasteiger partial charge is 0.373 e. The van der Waals surface area contributed by atoms with Crippen LogP contribution in [0.25, 0.3) is 0 Å². The number of ether oxygens (including phenoxy) is 1. The summed E-state index contributed by atoms with van der Waals surface area (Å²) < 4.78 is 5.73. The van der Waals surface area contributed by atoms with Gasteiger partial charge in [-0.1, -0.05) is 13.8 Å². The normalized spacial score (nSPS) is 24.5. The molecule has 0 aliphatic carbocycles. The molecule has 3 N–H and O–H groups in total. The minimum absolute atomic E-state index is 0.107. The molecule has 1 aromatic heterocycles. The minimum atomic E-state index is -0.506. The minimum Gasteiger partial charge on any atom is -0.373 e. The topological polar surface area (TPSA) is 80.5 Å². The third-order valence-electron chi connectivity index (χ3n) is 3.68. The summed E-state index contributed by atoms with van der Waals surface area (Å²) in [6, 6.07) is -0.506. The molecule has 2 heterocycles. The van der Waals surface area contributed by atoms with Gasteiger partial charge in [-0.15, -0.1) is 11.3 Å². The van der Waals surface area contributed by atoms with E-state index in [1.54, 1.807) is 0 Å². The third kappa shape index (κ3) is 4.74. The van der Waals surface area contributed by atoms with Crippen molar-refractivity contribution in [2.45, 2.75) is 52.5 Å². The van der Waals surface area contributed by atoms with E-state index >= 15 is 0 Å². The second kappa shape index (κ2) is 7.50. The van der Waals surface area contributed by atoms with Crippen molar-refractivity contribution in [3.63, 3.8) is 0 Å². The van der Waals surface area contributed by atoms with Gasteiger partial charge < -0.3 is 15.8 Å². The van der Waals surface area contributed by atoms with Crippen LogP contribution in [-0.4, -0.2) is 47.1 Å². The average Bonchev–Trinajstić information content (AvgIpc) is 2.83. The predicted molar refractivity (Wildman–Crippen MR) is 88.8 cm³/mol. The number of nitrogens with zero attached hydrogens (tertiary/aromatic N) is 2. The molecule has 0 aromatic carbocycles. The number of carbonyl (C=O) groups excluding carboxylic acids is 1. The lowest BCUT2D eigenvalue weighted by atomic mass is 10.1. The highest BCUT2D eigenvalue weighted by atomic mass is 32.1. The van der Waals surface area contributed by atoms with Crippen molar-refractivity contribution >= 4 is 22.4 Å². The molecule has 1 fully saturated rings. The van der Waals surface area contributed by atoms with Crippen LogP contribution in [0.2, 0.25) is 0 Å². The van der Waals surface area contributed by atoms with Crippen molar-refractivity contribution in [2.24, 2.45) is 11.7 Å². The Morgan fingerprint density at radius 2 is 2.14 bits per heavy atom. The van der Waals surface area contributed by atoms with Crippen molar-refractivity contribution < 1.29 is 9.53 Å². The van der Waals surface area contributed by atoms with E-state index < -0.39 is 6.04 Å². The fourth-order valence-corrected chi connectivity index (χ4v) is 3.28. The summed E-state index contributed by atoms with van der Waals surface area (Å²) in [5.41, 5.74) is 6.81. The number of nitrogens with two attached hydrogens (primary N) is 1. The lowest BCUT2D eigenvalue weighted by molar-refractivity contribution is -0.118. The Morgan fingerprint density at radius 3 is 2.73 bits per heavy atom. The predicted octanol–water partition coefficient (Wildman–Crippen LogP) is 1.67. The molecule has 0 radical (unpaired) electrons. The molecular formula is C15H26N4O2S. The summed E-state index contributed by atoms with van der Waals surface area (Å²) in [5.74, 6) is -0.0692. The Balaban J connectivity index is 1.90. The molecule has 2 rings (SSSR count). The zero-order chi connectivity index (χ0) is 16.3. The van der Waals surface area contributed by atoms with E-state index in [0.29, 0.717) is 5.13 Å². The number of aromatic nitrogens is 1. The number of anilines is 1. The first-order valence-corrected chi connectivity index (χ1v) is 8.61. The van der Waals surface area contributed by atoms with Gasteiger partial charge in [0.15, 0.2) is 5.13 Å². The zero-order valence-electron chi connectivity index (χ0n) is 13.7. The summed E-state index contributed by atoms with van der Waals surface area (Å²) in [6.45, 7) is 10.6. The van der Waals surface area contributed by atoms with Crippen molar-refractivity contribution in [3.8, 4) is 0 Å². The number of amides is 1. The molecule has 1 amide bonds. The quantitative estimate of drug-likeness (QED) is 0.860. The first-order chi connectivity index (χ1) is 10.3. The van der Waals surface area contributed by atoms with E-state index in [2.05, 4.69) is 29.0 Å². The summed E-state index contributed by atoms with van der Waals surface area (Å²) >= 11 is 1.44. The van der Waals surface area contributed by atoms with Crippen LogP contribution in [0.3, 0.4) is 0 Å². The van der Waals surface area contributed by atoms with Gasteiger partial charge in [-0.25, -0.2) is 4.98 Å². The van der Waals surface area contributed by atoms with Crippen LogP contribution >= 0.6 is 11.3 Å². The monoisotopic (exact) mass is 326 g/mol. The van der Waals surface area contributed by atoms with Crippen LogP contribution in [0.15, 0.2) is 5.38 Å². The Bertz CT molecular complexity index is 495. The smallest absolute Gasteiger partial charge is 0.243 e. The molecule has 1 aliphatic heterocycles. The molecular weight excluding hydrogens is 300 g/mol. The summed E-state index contributed by atoms with van der Waals surface area (Å²) in [5, 5.41) is 5.40. The summed E-state index contributed by atoms with van der Waals surface area (Å²) in [7, 11) is 0. The summed E-state index contributed by atoms with van der Waals surface area (Å²) in [6.07, 6.45) is 0.483. The van der Waals surface area contributed by atoms with Gasteiger partial charge >= 0.3 is 0 Å². The maximum Gasteiger partial charge on any atom is 0.243 e. The van der Waals surface area contributed by atoms with Crippen LogP contribution in [-0.2, 0) is 16.1 Å². The molecule has 7 heteroatoms. The Hall–Kier alpha value is -1.02. The van der Waals surface area contributed by atoms with Gasteiger partial charge in [0.05, 0.1) is 23.9 Å². The fourth-order valence-electron chi connectivity index (χ4n) is 2.57. The first kappa shape index (κ1) is 17.3. The number of hydrogen-bond acceptors (Lipinski definition) is 6. The molecule has 0 saturated carbocycles. The molecule has 3 atom stereocenters. The molecule has 0 bridgehead atoms. The highest BCUT2D eigenvalue weighted by molar-refractivity contribution is 7.13. The molecule has 22 heavy (non-hydrogen) atoms. The number of hydrogen-bond donors (Lipinski definition) is 2. The van der Waals surface area contributed by atoms with Crippen LogP contribution in [0.5, 0.6) is 0 Å². The SMILES string of the molecule is CC1CN(Cc2csc(NC(=O)C(N)C(C)C)n2)CC(C)O1. The maximum absolute atomic E-state index is 11.9. The molecule has 1 aliphatic rings. The van der Waals surface area contributed by atoms with Crippen LogP contribution in [0.4, 0.5) is 5.13 Å². The van der Waals surface area contributed by atoms with Crippen molar-refractivity contribution in [2.75, 3.05) is 18.4 Å². The second-order valence-corrected chi connectivity index (χ2v) is 7.21. The van der Waals surface area contributed by atoms with E-state index in [0.717, 1.165) is 25.3 Å². The number of morpholine rings is 1. The molecule has 1 aromatic rings. The molecule has 0 spiro atoms. The zero-order valence-corrected chi connectivity index (χ0v) is 14.5. The highest BCUT2D eigenvalue weighted by Crippen LogP contribution is 2.19. The van der Waals surface area contributed by atoms with E-state index in [4.69, 9.17) is 10.5 Å². The van der Waals surface area contributed by atoms with E-state index in [9.17, 15) is 4.79 Å².